The van der Waals surface area contributed by atoms with Crippen LogP contribution in [0.25, 0.3) is 0 Å². The van der Waals surface area contributed by atoms with Gasteiger partial charge in [-0.1, -0.05) is 40.7 Å². The Balaban J connectivity index is 1.66. The molecular weight excluding hydrogens is 420 g/mol. The number of rotatable bonds is 2. The molecule has 2 aliphatic carbocycles. The maximum absolute atomic E-state index is 12.7. The Morgan fingerprint density at radius 2 is 1.84 bits per heavy atom. The van der Waals surface area contributed by atoms with E-state index in [9.17, 15) is 15.0 Å². The summed E-state index contributed by atoms with van der Waals surface area (Å²) in [5.41, 5.74) is -1.56. The van der Waals surface area contributed by atoms with Crippen LogP contribution in [0.3, 0.4) is 0 Å². The van der Waals surface area contributed by atoms with Crippen LogP contribution in [0.5, 0.6) is 0 Å². The van der Waals surface area contributed by atoms with Crippen LogP contribution in [-0.2, 0) is 19.0 Å². The van der Waals surface area contributed by atoms with Crippen molar-refractivity contribution < 1.29 is 29.2 Å². The molecule has 5 aliphatic rings. The average Bonchev–Trinajstić information content (AvgIpc) is 3.64. The summed E-state index contributed by atoms with van der Waals surface area (Å²) < 4.78 is 17.8. The van der Waals surface area contributed by atoms with Crippen molar-refractivity contribution in [1.29, 1.82) is 0 Å². The molecule has 0 aromatic heterocycles. The quantitative estimate of drug-likeness (QED) is 0.288. The number of aliphatic hydroxyl groups excluding tert-OH is 1. The van der Waals surface area contributed by atoms with E-state index in [1.807, 2.05) is 6.92 Å². The maximum atomic E-state index is 12.7. The first-order valence-corrected chi connectivity index (χ1v) is 12.2. The number of halogens is 1. The normalized spacial score (nSPS) is 60.3. The van der Waals surface area contributed by atoms with Crippen LogP contribution in [0.2, 0.25) is 0 Å². The van der Waals surface area contributed by atoms with Gasteiger partial charge < -0.3 is 24.4 Å². The minimum Gasteiger partial charge on any atom is -0.457 e. The van der Waals surface area contributed by atoms with Crippen LogP contribution in [0.4, 0.5) is 0 Å². The van der Waals surface area contributed by atoms with Gasteiger partial charge in [-0.2, -0.15) is 0 Å². The molecule has 2 N–H and O–H groups in total. The fraction of sp³-hybridized carbons (Fsp3) is 0.875. The molecule has 174 valence electrons. The van der Waals surface area contributed by atoms with Crippen molar-refractivity contribution in [1.82, 2.24) is 0 Å². The van der Waals surface area contributed by atoms with Gasteiger partial charge in [0, 0.05) is 5.41 Å². The summed E-state index contributed by atoms with van der Waals surface area (Å²) >= 11 is 6.76. The van der Waals surface area contributed by atoms with Crippen molar-refractivity contribution in [2.45, 2.75) is 95.1 Å². The minimum atomic E-state index is -1.48. The van der Waals surface area contributed by atoms with Gasteiger partial charge >= 0.3 is 5.97 Å². The number of fused-ring (bicyclic) bond motifs is 5. The van der Waals surface area contributed by atoms with E-state index >= 15 is 0 Å². The number of carbonyl (C=O) groups is 1. The van der Waals surface area contributed by atoms with Gasteiger partial charge in [-0.3, -0.25) is 4.79 Å². The average molecular weight is 455 g/mol. The molecule has 0 unspecified atom stereocenters. The van der Waals surface area contributed by atoms with E-state index in [0.29, 0.717) is 11.5 Å². The van der Waals surface area contributed by atoms with Crippen molar-refractivity contribution in [3.8, 4) is 0 Å². The van der Waals surface area contributed by atoms with Gasteiger partial charge in [-0.25, -0.2) is 0 Å². The maximum Gasteiger partial charge on any atom is 0.312 e. The smallest absolute Gasteiger partial charge is 0.312 e. The van der Waals surface area contributed by atoms with Gasteiger partial charge in [0.05, 0.1) is 29.6 Å². The summed E-state index contributed by atoms with van der Waals surface area (Å²) in [5, 5.41) is 23.0. The number of hydrogen-bond acceptors (Lipinski definition) is 6. The lowest BCUT2D eigenvalue weighted by Crippen LogP contribution is -2.64. The van der Waals surface area contributed by atoms with Crippen LogP contribution >= 0.6 is 11.6 Å². The third-order valence-corrected chi connectivity index (χ3v) is 10.1. The predicted molar refractivity (Wildman–Crippen MR) is 114 cm³/mol. The van der Waals surface area contributed by atoms with Crippen LogP contribution in [0.15, 0.2) is 12.2 Å². The third-order valence-electron chi connectivity index (χ3n) is 9.62. The minimum absolute atomic E-state index is 0.0950. The lowest BCUT2D eigenvalue weighted by atomic mass is 9.49. The zero-order chi connectivity index (χ0) is 22.6. The molecule has 3 aliphatic heterocycles. The van der Waals surface area contributed by atoms with Crippen molar-refractivity contribution in [2.75, 3.05) is 0 Å². The number of alkyl halides is 1. The number of hydrogen-bond donors (Lipinski definition) is 2. The lowest BCUT2D eigenvalue weighted by Gasteiger charge is -2.55. The van der Waals surface area contributed by atoms with Crippen molar-refractivity contribution >= 4 is 17.6 Å². The number of esters is 1. The SMILES string of the molecule is C=C1[C@H]2O[C@H]2[C@H](O)[C@]2(C)[C@H]([C@@H](C)[C@@H](CCC)[C@@H]3O[C@@H]32)[C@H](C)[C@]2(O)[C@@H](C)C(=O)O[C@H]2[C@H]1Cl. The molecule has 0 bridgehead atoms. The van der Waals surface area contributed by atoms with Crippen LogP contribution in [0.1, 0.15) is 47.5 Å². The molecule has 5 fully saturated rings. The van der Waals surface area contributed by atoms with Crippen LogP contribution in [-0.4, -0.2) is 63.8 Å². The fourth-order valence-electron chi connectivity index (χ4n) is 7.75. The highest BCUT2D eigenvalue weighted by molar-refractivity contribution is 6.23. The van der Waals surface area contributed by atoms with Crippen molar-refractivity contribution in [2.24, 2.45) is 35.0 Å². The van der Waals surface area contributed by atoms with E-state index in [-0.39, 0.29) is 30.0 Å². The molecule has 6 nitrogen and oxygen atoms in total. The van der Waals surface area contributed by atoms with E-state index in [4.69, 9.17) is 25.8 Å². The largest absolute Gasteiger partial charge is 0.457 e. The second-order valence-corrected chi connectivity index (χ2v) is 11.4. The summed E-state index contributed by atoms with van der Waals surface area (Å²) in [6.07, 6.45) is -0.407. The van der Waals surface area contributed by atoms with E-state index in [2.05, 4.69) is 27.4 Å². The van der Waals surface area contributed by atoms with E-state index in [1.165, 1.54) is 0 Å². The number of carbonyl (C=O) groups excluding carboxylic acids is 1. The molecular formula is C24H35ClO6. The van der Waals surface area contributed by atoms with Gasteiger partial charge in [0.15, 0.2) is 6.10 Å². The lowest BCUT2D eigenvalue weighted by molar-refractivity contribution is -0.164. The van der Waals surface area contributed by atoms with Crippen LogP contribution < -0.4 is 0 Å². The molecule has 3 heterocycles. The molecule has 5 rings (SSSR count). The van der Waals surface area contributed by atoms with Crippen LogP contribution in [0, 0.1) is 35.0 Å². The monoisotopic (exact) mass is 454 g/mol. The standard InChI is InChI=1S/C24H35ClO6/c1-7-8-13-9(2)14-11(4)24(28)12(5)22(27)31-20(24)15(25)10(3)16-18(29-16)19(26)23(14,6)21-17(13)30-21/h9,11-21,26,28H,3,7-8H2,1-2,4-6H3/t9-,11-,12-,13+,14+,15-,16+,17-,18+,19-,20-,21-,23-,24-/m0/s1. The Morgan fingerprint density at radius 3 is 2.48 bits per heavy atom. The molecule has 7 heteroatoms. The Labute approximate surface area is 189 Å². The Morgan fingerprint density at radius 1 is 1.16 bits per heavy atom. The molecule has 14 atom stereocenters. The second kappa shape index (κ2) is 6.92. The highest BCUT2D eigenvalue weighted by Gasteiger charge is 2.74. The molecule has 0 aromatic rings. The Hall–Kier alpha value is -0.660. The number of ether oxygens (including phenoxy) is 3. The van der Waals surface area contributed by atoms with Crippen molar-refractivity contribution in [3.05, 3.63) is 12.2 Å². The summed E-state index contributed by atoms with van der Waals surface area (Å²) in [5.74, 6) is -1.11. The second-order valence-electron chi connectivity index (χ2n) is 10.9. The summed E-state index contributed by atoms with van der Waals surface area (Å²) in [6, 6.07) is 0. The van der Waals surface area contributed by atoms with Gasteiger partial charge in [0.2, 0.25) is 0 Å². The Kier molecular flexibility index (Phi) is 4.95. The van der Waals surface area contributed by atoms with E-state index < -0.39 is 52.7 Å². The molecule has 31 heavy (non-hydrogen) atoms. The molecule has 2 saturated carbocycles. The highest BCUT2D eigenvalue weighted by atomic mass is 35.5. The predicted octanol–water partition coefficient (Wildman–Crippen LogP) is 2.68. The van der Waals surface area contributed by atoms with Gasteiger partial charge in [-0.05, 0) is 42.6 Å². The molecule has 0 amide bonds. The molecule has 0 aromatic carbocycles. The van der Waals surface area contributed by atoms with Gasteiger partial charge in [0.1, 0.15) is 17.8 Å². The van der Waals surface area contributed by atoms with E-state index in [0.717, 1.165) is 12.8 Å². The number of aliphatic hydroxyl groups is 2. The number of epoxide rings is 2. The molecule has 0 radical (unpaired) electrons. The highest BCUT2D eigenvalue weighted by Crippen LogP contribution is 2.65. The Bertz CT molecular complexity index is 803. The fourth-order valence-corrected chi connectivity index (χ4v) is 8.13. The zero-order valence-electron chi connectivity index (χ0n) is 19.0. The third kappa shape index (κ3) is 2.69. The molecule has 3 saturated heterocycles. The zero-order valence-corrected chi connectivity index (χ0v) is 19.7. The summed E-state index contributed by atoms with van der Waals surface area (Å²) in [4.78, 5) is 12.7. The van der Waals surface area contributed by atoms with Gasteiger partial charge in [0.25, 0.3) is 0 Å². The van der Waals surface area contributed by atoms with E-state index in [1.54, 1.807) is 6.92 Å². The topological polar surface area (TPSA) is 91.8 Å². The first kappa shape index (κ1) is 22.1. The first-order valence-electron chi connectivity index (χ1n) is 11.8. The first-order chi connectivity index (χ1) is 14.5. The van der Waals surface area contributed by atoms with Crippen molar-refractivity contribution in [3.63, 3.8) is 0 Å². The van der Waals surface area contributed by atoms with Gasteiger partial charge in [-0.15, -0.1) is 11.6 Å². The summed E-state index contributed by atoms with van der Waals surface area (Å²) in [7, 11) is 0. The molecule has 0 spiro atoms. The summed E-state index contributed by atoms with van der Waals surface area (Å²) in [6.45, 7) is 14.3.